The monoisotopic (exact) mass is 330 g/mol. The van der Waals surface area contributed by atoms with Gasteiger partial charge in [0.25, 0.3) is 5.91 Å². The zero-order chi connectivity index (χ0) is 13.3. The number of halogens is 2. The van der Waals surface area contributed by atoms with E-state index in [1.165, 1.54) is 0 Å². The van der Waals surface area contributed by atoms with Gasteiger partial charge in [-0.1, -0.05) is 24.6 Å². The second kappa shape index (κ2) is 5.59. The van der Waals surface area contributed by atoms with Gasteiger partial charge in [0.15, 0.2) is 0 Å². The van der Waals surface area contributed by atoms with E-state index in [4.69, 9.17) is 17.3 Å². The average Bonchev–Trinajstić information content (AvgIpc) is 2.35. The van der Waals surface area contributed by atoms with Crippen LogP contribution in [0.3, 0.4) is 0 Å². The number of rotatable bonds is 1. The third kappa shape index (κ3) is 2.71. The highest BCUT2D eigenvalue weighted by molar-refractivity contribution is 9.10. The SMILES string of the molecule is CC1CN(C(=O)c2cccc(Br)c2Cl)CCC1N. The van der Waals surface area contributed by atoms with Crippen LogP contribution in [-0.2, 0) is 0 Å². The van der Waals surface area contributed by atoms with Crippen molar-refractivity contribution in [2.24, 2.45) is 11.7 Å². The summed E-state index contributed by atoms with van der Waals surface area (Å²) in [7, 11) is 0. The first-order chi connectivity index (χ1) is 8.50. The van der Waals surface area contributed by atoms with Crippen molar-refractivity contribution in [3.05, 3.63) is 33.3 Å². The molecule has 18 heavy (non-hydrogen) atoms. The Hall–Kier alpha value is -0.580. The van der Waals surface area contributed by atoms with Crippen LogP contribution in [0.5, 0.6) is 0 Å². The van der Waals surface area contributed by atoms with Gasteiger partial charge in [-0.2, -0.15) is 0 Å². The van der Waals surface area contributed by atoms with Gasteiger partial charge in [-0.25, -0.2) is 0 Å². The van der Waals surface area contributed by atoms with E-state index in [9.17, 15) is 4.79 Å². The summed E-state index contributed by atoms with van der Waals surface area (Å²) in [6.07, 6.45) is 0.846. The molecule has 0 radical (unpaired) electrons. The van der Waals surface area contributed by atoms with Crippen LogP contribution in [0.4, 0.5) is 0 Å². The number of hydrogen-bond donors (Lipinski definition) is 1. The fourth-order valence-electron chi connectivity index (χ4n) is 2.19. The Bertz CT molecular complexity index is 466. The summed E-state index contributed by atoms with van der Waals surface area (Å²) >= 11 is 9.49. The maximum atomic E-state index is 12.4. The fraction of sp³-hybridized carbons (Fsp3) is 0.462. The maximum Gasteiger partial charge on any atom is 0.255 e. The molecule has 1 aliphatic heterocycles. The van der Waals surface area contributed by atoms with E-state index in [0.717, 1.165) is 10.9 Å². The third-order valence-electron chi connectivity index (χ3n) is 3.44. The lowest BCUT2D eigenvalue weighted by Crippen LogP contribution is -2.48. The van der Waals surface area contributed by atoms with Gasteiger partial charge in [-0.05, 0) is 40.4 Å². The molecule has 3 nitrogen and oxygen atoms in total. The summed E-state index contributed by atoms with van der Waals surface area (Å²) in [6.45, 7) is 3.47. The van der Waals surface area contributed by atoms with Crippen LogP contribution in [0.15, 0.2) is 22.7 Å². The highest BCUT2D eigenvalue weighted by Crippen LogP contribution is 2.28. The van der Waals surface area contributed by atoms with E-state index < -0.39 is 0 Å². The van der Waals surface area contributed by atoms with Crippen LogP contribution in [0.2, 0.25) is 5.02 Å². The van der Waals surface area contributed by atoms with E-state index in [0.29, 0.717) is 29.6 Å². The van der Waals surface area contributed by atoms with Gasteiger partial charge in [0, 0.05) is 23.6 Å². The molecule has 1 amide bonds. The molecule has 1 aromatic carbocycles. The second-order valence-corrected chi connectivity index (χ2v) is 6.01. The molecular weight excluding hydrogens is 316 g/mol. The molecule has 1 aliphatic rings. The maximum absolute atomic E-state index is 12.4. The molecule has 2 rings (SSSR count). The quantitative estimate of drug-likeness (QED) is 0.860. The average molecular weight is 332 g/mol. The third-order valence-corrected chi connectivity index (χ3v) is 4.74. The zero-order valence-electron chi connectivity index (χ0n) is 10.2. The van der Waals surface area contributed by atoms with Crippen molar-refractivity contribution in [1.29, 1.82) is 0 Å². The first-order valence-corrected chi connectivity index (χ1v) is 7.16. The van der Waals surface area contributed by atoms with Gasteiger partial charge < -0.3 is 10.6 Å². The van der Waals surface area contributed by atoms with E-state index >= 15 is 0 Å². The van der Waals surface area contributed by atoms with Crippen molar-refractivity contribution in [3.63, 3.8) is 0 Å². The lowest BCUT2D eigenvalue weighted by Gasteiger charge is -2.35. The van der Waals surface area contributed by atoms with Crippen LogP contribution in [0.25, 0.3) is 0 Å². The van der Waals surface area contributed by atoms with Gasteiger partial charge in [0.1, 0.15) is 0 Å². The molecule has 0 bridgehead atoms. The summed E-state index contributed by atoms with van der Waals surface area (Å²) in [4.78, 5) is 14.2. The van der Waals surface area contributed by atoms with Crippen LogP contribution >= 0.6 is 27.5 Å². The predicted molar refractivity (Wildman–Crippen MR) is 76.8 cm³/mol. The van der Waals surface area contributed by atoms with E-state index in [-0.39, 0.29) is 11.9 Å². The molecular formula is C13H16BrClN2O. The Labute approximate surface area is 120 Å². The van der Waals surface area contributed by atoms with Crippen molar-refractivity contribution in [2.45, 2.75) is 19.4 Å². The fourth-order valence-corrected chi connectivity index (χ4v) is 2.76. The summed E-state index contributed by atoms with van der Waals surface area (Å²) in [5.74, 6) is 0.314. The lowest BCUT2D eigenvalue weighted by molar-refractivity contribution is 0.0664. The minimum Gasteiger partial charge on any atom is -0.338 e. The van der Waals surface area contributed by atoms with Crippen molar-refractivity contribution < 1.29 is 4.79 Å². The molecule has 1 saturated heterocycles. The topological polar surface area (TPSA) is 46.3 Å². The van der Waals surface area contributed by atoms with E-state index in [1.807, 2.05) is 17.0 Å². The molecule has 1 aromatic rings. The van der Waals surface area contributed by atoms with Crippen LogP contribution < -0.4 is 5.73 Å². The van der Waals surface area contributed by atoms with E-state index in [1.54, 1.807) is 6.07 Å². The largest absolute Gasteiger partial charge is 0.338 e. The molecule has 2 unspecified atom stereocenters. The van der Waals surface area contributed by atoms with Crippen molar-refractivity contribution in [1.82, 2.24) is 4.90 Å². The van der Waals surface area contributed by atoms with Gasteiger partial charge in [0.05, 0.1) is 10.6 Å². The molecule has 0 saturated carbocycles. The lowest BCUT2D eigenvalue weighted by atomic mass is 9.94. The first-order valence-electron chi connectivity index (χ1n) is 5.99. The smallest absolute Gasteiger partial charge is 0.255 e. The number of nitrogens with zero attached hydrogens (tertiary/aromatic N) is 1. The van der Waals surface area contributed by atoms with Gasteiger partial charge in [-0.15, -0.1) is 0 Å². The molecule has 0 aliphatic carbocycles. The standard InChI is InChI=1S/C13H16BrClN2O/c1-8-7-17(6-5-11(8)16)13(18)9-3-2-4-10(14)12(9)15/h2-4,8,11H,5-7,16H2,1H3. The Morgan fingerprint density at radius 2 is 2.28 bits per heavy atom. The number of likely N-dealkylation sites (tertiary alicyclic amines) is 1. The highest BCUT2D eigenvalue weighted by atomic mass is 79.9. The van der Waals surface area contributed by atoms with Crippen LogP contribution in [0, 0.1) is 5.92 Å². The number of nitrogens with two attached hydrogens (primary N) is 1. The van der Waals surface area contributed by atoms with Gasteiger partial charge in [-0.3, -0.25) is 4.79 Å². The Kier molecular flexibility index (Phi) is 4.30. The minimum absolute atomic E-state index is 0.0138. The number of amides is 1. The van der Waals surface area contributed by atoms with Crippen molar-refractivity contribution in [3.8, 4) is 0 Å². The van der Waals surface area contributed by atoms with Crippen LogP contribution in [0.1, 0.15) is 23.7 Å². The van der Waals surface area contributed by atoms with Crippen LogP contribution in [-0.4, -0.2) is 29.9 Å². The number of carbonyl (C=O) groups is 1. The summed E-state index contributed by atoms with van der Waals surface area (Å²) < 4.78 is 0.747. The molecule has 1 fully saturated rings. The molecule has 0 spiro atoms. The Morgan fingerprint density at radius 1 is 1.56 bits per heavy atom. The van der Waals surface area contributed by atoms with Gasteiger partial charge >= 0.3 is 0 Å². The Balaban J connectivity index is 2.19. The van der Waals surface area contributed by atoms with Crippen molar-refractivity contribution >= 4 is 33.4 Å². The van der Waals surface area contributed by atoms with Crippen molar-refractivity contribution in [2.75, 3.05) is 13.1 Å². The number of piperidine rings is 1. The summed E-state index contributed by atoms with van der Waals surface area (Å²) in [5, 5.41) is 0.477. The molecule has 1 heterocycles. The number of hydrogen-bond acceptors (Lipinski definition) is 2. The summed E-state index contributed by atoms with van der Waals surface area (Å²) in [5.41, 5.74) is 6.51. The first kappa shape index (κ1) is 13.8. The highest BCUT2D eigenvalue weighted by Gasteiger charge is 2.27. The predicted octanol–water partition coefficient (Wildman–Crippen LogP) is 2.91. The molecule has 0 aromatic heterocycles. The number of benzene rings is 1. The molecule has 2 atom stereocenters. The van der Waals surface area contributed by atoms with Gasteiger partial charge in [0.2, 0.25) is 0 Å². The second-order valence-electron chi connectivity index (χ2n) is 4.78. The van der Waals surface area contributed by atoms with E-state index in [2.05, 4.69) is 22.9 Å². The minimum atomic E-state index is -0.0138. The Morgan fingerprint density at radius 3 is 2.94 bits per heavy atom. The molecule has 98 valence electrons. The zero-order valence-corrected chi connectivity index (χ0v) is 12.5. The number of carbonyl (C=O) groups excluding carboxylic acids is 1. The molecule has 5 heteroatoms. The normalized spacial score (nSPS) is 24.1. The molecule has 2 N–H and O–H groups in total. The summed E-state index contributed by atoms with van der Waals surface area (Å²) in [6, 6.07) is 5.59.